The lowest BCUT2D eigenvalue weighted by Gasteiger charge is -2.21. The Hall–Kier alpha value is -0.360. The summed E-state index contributed by atoms with van der Waals surface area (Å²) in [6.45, 7) is -0.471. The molecule has 0 aromatic heterocycles. The molecule has 1 aliphatic carbocycles. The van der Waals surface area contributed by atoms with Crippen LogP contribution in [0, 0.1) is 0 Å². The van der Waals surface area contributed by atoms with Crippen LogP contribution in [0.4, 0.5) is 17.6 Å². The molecular formula is C8H7BrF4O. The summed E-state index contributed by atoms with van der Waals surface area (Å²) in [6.07, 6.45) is -4.41. The third-order valence-electron chi connectivity index (χ3n) is 1.82. The van der Waals surface area contributed by atoms with Crippen molar-refractivity contribution in [3.63, 3.8) is 0 Å². The molecule has 0 saturated heterocycles. The maximum atomic E-state index is 13.1. The first-order valence-electron chi connectivity index (χ1n) is 3.71. The zero-order valence-corrected chi connectivity index (χ0v) is 8.75. The van der Waals surface area contributed by atoms with Gasteiger partial charge in [0.2, 0.25) is 0 Å². The van der Waals surface area contributed by atoms with Crippen molar-refractivity contribution in [3.8, 4) is 0 Å². The maximum absolute atomic E-state index is 13.1. The number of hydrogen-bond donors (Lipinski definition) is 0. The summed E-state index contributed by atoms with van der Waals surface area (Å²) in [4.78, 5) is 0. The molecule has 0 aromatic carbocycles. The minimum Gasteiger partial charge on any atom is -0.380 e. The predicted octanol–water partition coefficient (Wildman–Crippen LogP) is 3.12. The van der Waals surface area contributed by atoms with Gasteiger partial charge in [0.25, 0.3) is 0 Å². The molecular weight excluding hydrogens is 268 g/mol. The van der Waals surface area contributed by atoms with Crippen molar-refractivity contribution in [1.29, 1.82) is 0 Å². The Kier molecular flexibility index (Phi) is 3.71. The normalized spacial score (nSPS) is 28.7. The average molecular weight is 275 g/mol. The molecule has 14 heavy (non-hydrogen) atoms. The Morgan fingerprint density at radius 2 is 1.79 bits per heavy atom. The monoisotopic (exact) mass is 274 g/mol. The highest BCUT2D eigenvalue weighted by atomic mass is 79.9. The molecule has 6 heteroatoms. The molecule has 0 aromatic rings. The van der Waals surface area contributed by atoms with Crippen LogP contribution in [0.3, 0.4) is 0 Å². The summed E-state index contributed by atoms with van der Waals surface area (Å²) in [7, 11) is 1.19. The summed E-state index contributed by atoms with van der Waals surface area (Å²) in [5.74, 6) is -2.79. The predicted molar refractivity (Wildman–Crippen MR) is 46.9 cm³/mol. The smallest absolute Gasteiger partial charge is 0.172 e. The van der Waals surface area contributed by atoms with Gasteiger partial charge in [0.15, 0.2) is 24.0 Å². The lowest BCUT2D eigenvalue weighted by molar-refractivity contribution is 0.167. The van der Waals surface area contributed by atoms with Crippen molar-refractivity contribution in [2.45, 2.75) is 12.3 Å². The highest BCUT2D eigenvalue weighted by Crippen LogP contribution is 2.38. The van der Waals surface area contributed by atoms with Gasteiger partial charge in [0.1, 0.15) is 0 Å². The first kappa shape index (κ1) is 11.7. The van der Waals surface area contributed by atoms with Gasteiger partial charge in [-0.2, -0.15) is 0 Å². The molecule has 80 valence electrons. The van der Waals surface area contributed by atoms with E-state index in [1.165, 1.54) is 7.11 Å². The molecule has 1 aliphatic rings. The molecule has 2 unspecified atom stereocenters. The second kappa shape index (κ2) is 4.44. The fourth-order valence-electron chi connectivity index (χ4n) is 1.09. The quantitative estimate of drug-likeness (QED) is 0.703. The molecule has 0 amide bonds. The van der Waals surface area contributed by atoms with Crippen LogP contribution in [0.25, 0.3) is 0 Å². The van der Waals surface area contributed by atoms with Gasteiger partial charge in [-0.1, -0.05) is 0 Å². The van der Waals surface area contributed by atoms with Crippen LogP contribution in [0.15, 0.2) is 21.7 Å². The minimum atomic E-state index is -2.21. The summed E-state index contributed by atoms with van der Waals surface area (Å²) in [5.41, 5.74) is -0.638. The van der Waals surface area contributed by atoms with Crippen molar-refractivity contribution in [2.75, 3.05) is 13.7 Å². The lowest BCUT2D eigenvalue weighted by Crippen LogP contribution is -2.27. The Bertz CT molecular complexity index is 300. The zero-order valence-electron chi connectivity index (χ0n) is 7.16. The fourth-order valence-corrected chi connectivity index (χ4v) is 1.50. The number of alkyl halides is 2. The van der Waals surface area contributed by atoms with Crippen molar-refractivity contribution < 1.29 is 22.3 Å². The Morgan fingerprint density at radius 1 is 1.21 bits per heavy atom. The maximum Gasteiger partial charge on any atom is 0.172 e. The van der Waals surface area contributed by atoms with Crippen molar-refractivity contribution >= 4 is 15.9 Å². The fraction of sp³-hybridized carbons (Fsp3) is 0.500. The van der Waals surface area contributed by atoms with E-state index in [9.17, 15) is 17.6 Å². The minimum absolute atomic E-state index is 0.471. The first-order valence-corrected chi connectivity index (χ1v) is 4.51. The SMILES string of the molecule is COCC1=C(F)C(F)=C(Br)C(F)C1F. The van der Waals surface area contributed by atoms with Gasteiger partial charge in [-0.15, -0.1) is 0 Å². The van der Waals surface area contributed by atoms with Gasteiger partial charge in [0, 0.05) is 12.7 Å². The van der Waals surface area contributed by atoms with Gasteiger partial charge in [-0.25, -0.2) is 17.6 Å². The third kappa shape index (κ3) is 1.86. The van der Waals surface area contributed by atoms with E-state index < -0.39 is 40.7 Å². The summed E-state index contributed by atoms with van der Waals surface area (Å²) < 4.78 is 55.8. The zero-order chi connectivity index (χ0) is 10.9. The second-order valence-electron chi connectivity index (χ2n) is 2.74. The van der Waals surface area contributed by atoms with E-state index in [0.717, 1.165) is 0 Å². The summed E-state index contributed by atoms with van der Waals surface area (Å²) in [6, 6.07) is 0. The number of hydrogen-bond acceptors (Lipinski definition) is 1. The molecule has 0 bridgehead atoms. The van der Waals surface area contributed by atoms with Gasteiger partial charge in [-0.3, -0.25) is 0 Å². The number of rotatable bonds is 2. The molecule has 0 N–H and O–H groups in total. The van der Waals surface area contributed by atoms with Crippen molar-refractivity contribution in [1.82, 2.24) is 0 Å². The van der Waals surface area contributed by atoms with E-state index in [1.54, 1.807) is 0 Å². The third-order valence-corrected chi connectivity index (χ3v) is 2.60. The van der Waals surface area contributed by atoms with Crippen LogP contribution < -0.4 is 0 Å². The van der Waals surface area contributed by atoms with Crippen LogP contribution in [0.2, 0.25) is 0 Å². The first-order chi connectivity index (χ1) is 6.50. The molecule has 0 radical (unpaired) electrons. The molecule has 0 heterocycles. The molecule has 0 spiro atoms. The highest BCUT2D eigenvalue weighted by Gasteiger charge is 2.37. The molecule has 2 atom stereocenters. The van der Waals surface area contributed by atoms with E-state index in [4.69, 9.17) is 0 Å². The molecule has 1 nitrogen and oxygen atoms in total. The Morgan fingerprint density at radius 3 is 2.29 bits per heavy atom. The number of methoxy groups -OCH3 is 1. The summed E-state index contributed by atoms with van der Waals surface area (Å²) in [5, 5.41) is 0. The van der Waals surface area contributed by atoms with Crippen LogP contribution in [0.1, 0.15) is 0 Å². The molecule has 0 saturated carbocycles. The van der Waals surface area contributed by atoms with Gasteiger partial charge in [-0.05, 0) is 15.9 Å². The average Bonchev–Trinajstić information content (AvgIpc) is 2.19. The standard InChI is InChI=1S/C8H7BrF4O/c1-14-2-3-5(10)7(12)4(9)8(13)6(3)11/h5,7H,2H2,1H3. The summed E-state index contributed by atoms with van der Waals surface area (Å²) >= 11 is 2.45. The van der Waals surface area contributed by atoms with Crippen LogP contribution >= 0.6 is 15.9 Å². The number of allylic oxidation sites excluding steroid dienone is 3. The molecule has 0 aliphatic heterocycles. The van der Waals surface area contributed by atoms with Crippen molar-refractivity contribution in [3.05, 3.63) is 21.7 Å². The van der Waals surface area contributed by atoms with Crippen molar-refractivity contribution in [2.24, 2.45) is 0 Å². The van der Waals surface area contributed by atoms with E-state index in [1.807, 2.05) is 0 Å². The van der Waals surface area contributed by atoms with E-state index in [0.29, 0.717) is 0 Å². The van der Waals surface area contributed by atoms with Crippen LogP contribution in [-0.2, 0) is 4.74 Å². The lowest BCUT2D eigenvalue weighted by atomic mass is 10.0. The van der Waals surface area contributed by atoms with Gasteiger partial charge in [0.05, 0.1) is 11.1 Å². The van der Waals surface area contributed by atoms with E-state index in [2.05, 4.69) is 20.7 Å². The highest BCUT2D eigenvalue weighted by molar-refractivity contribution is 9.11. The second-order valence-corrected chi connectivity index (χ2v) is 3.59. The van der Waals surface area contributed by atoms with Crippen LogP contribution in [-0.4, -0.2) is 26.1 Å². The van der Waals surface area contributed by atoms with Gasteiger partial charge < -0.3 is 4.74 Å². The van der Waals surface area contributed by atoms with E-state index >= 15 is 0 Å². The topological polar surface area (TPSA) is 9.23 Å². The van der Waals surface area contributed by atoms with Crippen LogP contribution in [0.5, 0.6) is 0 Å². The number of halogens is 5. The number of ether oxygens (including phenoxy) is 1. The Labute approximate surface area is 86.6 Å². The molecule has 1 rings (SSSR count). The van der Waals surface area contributed by atoms with Gasteiger partial charge >= 0.3 is 0 Å². The largest absolute Gasteiger partial charge is 0.380 e. The molecule has 0 fully saturated rings. The van der Waals surface area contributed by atoms with E-state index in [-0.39, 0.29) is 0 Å². The Balaban J connectivity index is 3.11.